The topological polar surface area (TPSA) is 93.9 Å². The van der Waals surface area contributed by atoms with Crippen molar-refractivity contribution < 1.29 is 19.1 Å². The number of ether oxygens (including phenoxy) is 2. The number of rotatable bonds is 4. The number of amides is 2. The second-order valence-electron chi connectivity index (χ2n) is 8.25. The Morgan fingerprint density at radius 1 is 1.00 bits per heavy atom. The number of carbonyl (C=O) groups excluding carboxylic acids is 2. The van der Waals surface area contributed by atoms with Crippen molar-refractivity contribution in [3.8, 4) is 11.5 Å². The second kappa shape index (κ2) is 8.50. The maximum atomic E-state index is 12.9. The standard InChI is InChI=1S/C26H25N3O4/c1-16-7-9-19(28-26(31)18-8-10-22-23(14-18)33-13-12-32-22)15-21(16)29-11-3-5-17-4-2-6-20(24(17)29)25(27)30/h2,4,6-10,14-15H,3,5,11-13H2,1H3,(H2,27,30)(H,28,31). The molecule has 0 saturated heterocycles. The molecule has 2 amide bonds. The van der Waals surface area contributed by atoms with Crippen molar-refractivity contribution in [3.63, 3.8) is 0 Å². The maximum Gasteiger partial charge on any atom is 0.255 e. The van der Waals surface area contributed by atoms with Gasteiger partial charge in [0.2, 0.25) is 0 Å². The predicted octanol–water partition coefficient (Wildman–Crippen LogP) is 4.20. The SMILES string of the molecule is Cc1ccc(NC(=O)c2ccc3c(c2)OCCO3)cc1N1CCCc2cccc(C(N)=O)c21. The number of aryl methyl sites for hydroxylation is 2. The smallest absolute Gasteiger partial charge is 0.255 e. The Balaban J connectivity index is 1.46. The molecule has 0 spiro atoms. The van der Waals surface area contributed by atoms with Gasteiger partial charge in [0, 0.05) is 23.5 Å². The van der Waals surface area contributed by atoms with Crippen LogP contribution in [0.1, 0.15) is 38.3 Å². The van der Waals surface area contributed by atoms with E-state index in [4.69, 9.17) is 15.2 Å². The highest BCUT2D eigenvalue weighted by Gasteiger charge is 2.25. The minimum Gasteiger partial charge on any atom is -0.486 e. The summed E-state index contributed by atoms with van der Waals surface area (Å²) in [5.41, 5.74) is 11.3. The number of hydrogen-bond donors (Lipinski definition) is 2. The molecule has 33 heavy (non-hydrogen) atoms. The number of hydrogen-bond acceptors (Lipinski definition) is 5. The number of nitrogens with two attached hydrogens (primary N) is 1. The van der Waals surface area contributed by atoms with Crippen LogP contribution in [0, 0.1) is 6.92 Å². The lowest BCUT2D eigenvalue weighted by Crippen LogP contribution is -2.28. The van der Waals surface area contributed by atoms with Crippen LogP contribution < -0.4 is 25.4 Å². The molecular formula is C26H25N3O4. The van der Waals surface area contributed by atoms with Gasteiger partial charge < -0.3 is 25.4 Å². The van der Waals surface area contributed by atoms with Crippen molar-refractivity contribution in [1.82, 2.24) is 0 Å². The van der Waals surface area contributed by atoms with E-state index in [-0.39, 0.29) is 5.91 Å². The third-order valence-corrected chi connectivity index (χ3v) is 6.04. The molecule has 7 heteroatoms. The van der Waals surface area contributed by atoms with Crippen molar-refractivity contribution >= 4 is 28.9 Å². The fourth-order valence-electron chi connectivity index (χ4n) is 4.46. The summed E-state index contributed by atoms with van der Waals surface area (Å²) >= 11 is 0. The molecule has 3 N–H and O–H groups in total. The summed E-state index contributed by atoms with van der Waals surface area (Å²) in [4.78, 5) is 27.2. The first-order valence-corrected chi connectivity index (χ1v) is 11.0. The van der Waals surface area contributed by atoms with Crippen LogP contribution in [0.4, 0.5) is 17.1 Å². The average molecular weight is 444 g/mol. The molecule has 7 nitrogen and oxygen atoms in total. The highest BCUT2D eigenvalue weighted by atomic mass is 16.6. The number of nitrogens with zero attached hydrogens (tertiary/aromatic N) is 1. The van der Waals surface area contributed by atoms with Crippen LogP contribution in [0.5, 0.6) is 11.5 Å². The zero-order chi connectivity index (χ0) is 22.9. The molecule has 2 heterocycles. The summed E-state index contributed by atoms with van der Waals surface area (Å²) in [7, 11) is 0. The third kappa shape index (κ3) is 3.98. The van der Waals surface area contributed by atoms with Gasteiger partial charge in [0.05, 0.1) is 11.3 Å². The van der Waals surface area contributed by atoms with E-state index in [1.54, 1.807) is 24.3 Å². The number of para-hydroxylation sites is 1. The Bertz CT molecular complexity index is 1250. The minimum absolute atomic E-state index is 0.237. The van der Waals surface area contributed by atoms with Crippen LogP contribution in [0.15, 0.2) is 54.6 Å². The van der Waals surface area contributed by atoms with Crippen LogP contribution in [-0.4, -0.2) is 31.6 Å². The molecule has 0 aliphatic carbocycles. The van der Waals surface area contributed by atoms with E-state index in [0.29, 0.717) is 41.5 Å². The molecule has 3 aromatic carbocycles. The monoisotopic (exact) mass is 443 g/mol. The number of carbonyl (C=O) groups is 2. The number of nitrogens with one attached hydrogen (secondary N) is 1. The zero-order valence-corrected chi connectivity index (χ0v) is 18.4. The lowest BCUT2D eigenvalue weighted by Gasteiger charge is -2.34. The van der Waals surface area contributed by atoms with Crippen molar-refractivity contribution in [2.24, 2.45) is 5.73 Å². The van der Waals surface area contributed by atoms with E-state index in [1.165, 1.54) is 0 Å². The number of anilines is 3. The first kappa shape index (κ1) is 20.9. The molecule has 0 radical (unpaired) electrons. The number of primary amides is 1. The van der Waals surface area contributed by atoms with Gasteiger partial charge in [-0.1, -0.05) is 18.2 Å². The van der Waals surface area contributed by atoms with Crippen LogP contribution in [-0.2, 0) is 6.42 Å². The fraction of sp³-hybridized carbons (Fsp3) is 0.231. The van der Waals surface area contributed by atoms with Gasteiger partial charge in [0.1, 0.15) is 13.2 Å². The lowest BCUT2D eigenvalue weighted by molar-refractivity contribution is 0.0998. The van der Waals surface area contributed by atoms with Crippen molar-refractivity contribution in [3.05, 3.63) is 76.9 Å². The Labute approximate surface area is 192 Å². The Hall–Kier alpha value is -4.00. The van der Waals surface area contributed by atoms with Crippen LogP contribution in [0.2, 0.25) is 0 Å². The van der Waals surface area contributed by atoms with Crippen molar-refractivity contribution in [2.75, 3.05) is 30.0 Å². The van der Waals surface area contributed by atoms with Gasteiger partial charge in [0.15, 0.2) is 11.5 Å². The molecule has 0 atom stereocenters. The van der Waals surface area contributed by atoms with Gasteiger partial charge >= 0.3 is 0 Å². The van der Waals surface area contributed by atoms with Crippen LogP contribution in [0.3, 0.4) is 0 Å². The molecule has 3 aromatic rings. The molecule has 2 aliphatic heterocycles. The molecule has 0 unspecified atom stereocenters. The molecule has 0 saturated carbocycles. The maximum absolute atomic E-state index is 12.9. The summed E-state index contributed by atoms with van der Waals surface area (Å²) in [5, 5.41) is 2.98. The van der Waals surface area contributed by atoms with Crippen LogP contribution >= 0.6 is 0 Å². The molecule has 0 fully saturated rings. The average Bonchev–Trinajstić information content (AvgIpc) is 2.84. The Morgan fingerprint density at radius 3 is 2.64 bits per heavy atom. The number of benzene rings is 3. The Morgan fingerprint density at radius 2 is 1.82 bits per heavy atom. The van der Waals surface area contributed by atoms with Gasteiger partial charge in [-0.15, -0.1) is 0 Å². The van der Waals surface area contributed by atoms with Crippen LogP contribution in [0.25, 0.3) is 0 Å². The second-order valence-corrected chi connectivity index (χ2v) is 8.25. The normalized spacial score (nSPS) is 14.4. The third-order valence-electron chi connectivity index (χ3n) is 6.04. The van der Waals surface area contributed by atoms with E-state index in [9.17, 15) is 9.59 Å². The molecule has 0 bridgehead atoms. The summed E-state index contributed by atoms with van der Waals surface area (Å²) in [6, 6.07) is 16.6. The highest BCUT2D eigenvalue weighted by Crippen LogP contribution is 2.39. The van der Waals surface area contributed by atoms with E-state index >= 15 is 0 Å². The van der Waals surface area contributed by atoms with Gasteiger partial charge in [-0.2, -0.15) is 0 Å². The first-order chi connectivity index (χ1) is 16.0. The largest absolute Gasteiger partial charge is 0.486 e. The highest BCUT2D eigenvalue weighted by molar-refractivity contribution is 6.05. The van der Waals surface area contributed by atoms with E-state index < -0.39 is 5.91 Å². The van der Waals surface area contributed by atoms with E-state index in [2.05, 4.69) is 10.2 Å². The van der Waals surface area contributed by atoms with E-state index in [1.807, 2.05) is 37.3 Å². The molecule has 168 valence electrons. The van der Waals surface area contributed by atoms with Crippen molar-refractivity contribution in [2.45, 2.75) is 19.8 Å². The van der Waals surface area contributed by atoms with Crippen molar-refractivity contribution in [1.29, 1.82) is 0 Å². The summed E-state index contributed by atoms with van der Waals surface area (Å²) in [6.45, 7) is 3.74. The molecule has 0 aromatic heterocycles. The van der Waals surface area contributed by atoms with E-state index in [0.717, 1.165) is 41.9 Å². The fourth-order valence-corrected chi connectivity index (χ4v) is 4.46. The molecule has 2 aliphatic rings. The first-order valence-electron chi connectivity index (χ1n) is 11.0. The summed E-state index contributed by atoms with van der Waals surface area (Å²) < 4.78 is 11.1. The summed E-state index contributed by atoms with van der Waals surface area (Å²) in [6.07, 6.45) is 1.86. The van der Waals surface area contributed by atoms with Gasteiger partial charge in [-0.05, 0) is 67.3 Å². The lowest BCUT2D eigenvalue weighted by atomic mass is 9.96. The molecular weight excluding hydrogens is 418 g/mol. The van der Waals surface area contributed by atoms with Gasteiger partial charge in [0.25, 0.3) is 11.8 Å². The Kier molecular flexibility index (Phi) is 5.38. The predicted molar refractivity (Wildman–Crippen MR) is 127 cm³/mol. The summed E-state index contributed by atoms with van der Waals surface area (Å²) in [5.74, 6) is 0.532. The number of fused-ring (bicyclic) bond motifs is 2. The minimum atomic E-state index is -0.445. The quantitative estimate of drug-likeness (QED) is 0.630. The van der Waals surface area contributed by atoms with Gasteiger partial charge in [-0.3, -0.25) is 9.59 Å². The zero-order valence-electron chi connectivity index (χ0n) is 18.4. The molecule has 5 rings (SSSR count). The van der Waals surface area contributed by atoms with Gasteiger partial charge in [-0.25, -0.2) is 0 Å².